The minimum atomic E-state index is -0.536. The van der Waals surface area contributed by atoms with Crippen LogP contribution in [-0.4, -0.2) is 38.3 Å². The Hall–Kier alpha value is -2.00. The number of hydrogen-bond acceptors (Lipinski definition) is 6. The molecule has 25 heavy (non-hydrogen) atoms. The number of aromatic nitrogens is 3. The van der Waals surface area contributed by atoms with Gasteiger partial charge in [-0.25, -0.2) is 14.4 Å². The van der Waals surface area contributed by atoms with Crippen molar-refractivity contribution >= 4 is 22.4 Å². The monoisotopic (exact) mass is 367 g/mol. The smallest absolute Gasteiger partial charge is 0.230 e. The van der Waals surface area contributed by atoms with Crippen LogP contribution in [0.2, 0.25) is 0 Å². The van der Waals surface area contributed by atoms with Crippen LogP contribution in [0.5, 0.6) is 0 Å². The molecule has 0 aliphatic carbocycles. The Morgan fingerprint density at radius 3 is 2.80 bits per heavy atom. The Labute approximate surface area is 148 Å². The van der Waals surface area contributed by atoms with Crippen molar-refractivity contribution in [3.8, 4) is 0 Å². The van der Waals surface area contributed by atoms with E-state index in [-0.39, 0.29) is 17.1 Å². The molecule has 0 radical (unpaired) electrons. The van der Waals surface area contributed by atoms with Crippen molar-refractivity contribution in [3.63, 3.8) is 0 Å². The highest BCUT2D eigenvalue weighted by molar-refractivity contribution is 7.15. The lowest BCUT2D eigenvalue weighted by atomic mass is 10.0. The molecule has 134 valence electrons. The van der Waals surface area contributed by atoms with E-state index in [0.29, 0.717) is 29.6 Å². The Morgan fingerprint density at radius 1 is 1.40 bits per heavy atom. The molecule has 0 spiro atoms. The topological polar surface area (TPSA) is 71.0 Å². The van der Waals surface area contributed by atoms with E-state index >= 15 is 0 Å². The average Bonchev–Trinajstić information content (AvgIpc) is 3.04. The number of rotatable bonds is 5. The van der Waals surface area contributed by atoms with Crippen molar-refractivity contribution in [1.82, 2.24) is 19.9 Å². The van der Waals surface area contributed by atoms with Crippen LogP contribution in [0, 0.1) is 17.7 Å². The summed E-state index contributed by atoms with van der Waals surface area (Å²) in [6.45, 7) is 4.70. The summed E-state index contributed by atoms with van der Waals surface area (Å²) in [5.74, 6) is -0.287. The van der Waals surface area contributed by atoms with E-state index in [1.165, 1.54) is 19.3 Å². The number of halogens is 2. The molecule has 3 rings (SSSR count). The number of amides is 1. The number of nitrogens with one attached hydrogen (secondary N) is 1. The van der Waals surface area contributed by atoms with Crippen LogP contribution < -0.4 is 5.32 Å². The Bertz CT molecular complexity index is 751. The van der Waals surface area contributed by atoms with Crippen LogP contribution in [-0.2, 0) is 17.8 Å². The number of nitrogens with zero attached hydrogens (tertiary/aromatic N) is 4. The number of carbonyl (C=O) groups excluding carboxylic acids is 1. The maximum atomic E-state index is 14.0. The lowest BCUT2D eigenvalue weighted by molar-refractivity contribution is -0.114. The third kappa shape index (κ3) is 4.55. The van der Waals surface area contributed by atoms with Gasteiger partial charge in [-0.3, -0.25) is 9.69 Å². The molecule has 1 amide bonds. The van der Waals surface area contributed by atoms with Crippen molar-refractivity contribution < 1.29 is 13.6 Å². The van der Waals surface area contributed by atoms with E-state index in [4.69, 9.17) is 0 Å². The van der Waals surface area contributed by atoms with Gasteiger partial charge in [-0.05, 0) is 19.3 Å². The van der Waals surface area contributed by atoms with Crippen LogP contribution in [0.3, 0.4) is 0 Å². The van der Waals surface area contributed by atoms with Gasteiger partial charge in [-0.1, -0.05) is 11.3 Å². The first-order valence-electron chi connectivity index (χ1n) is 8.04. The van der Waals surface area contributed by atoms with E-state index in [1.54, 1.807) is 0 Å². The van der Waals surface area contributed by atoms with Crippen LogP contribution >= 0.6 is 11.3 Å². The molecule has 1 aliphatic heterocycles. The molecule has 2 atom stereocenters. The molecule has 0 saturated carbocycles. The van der Waals surface area contributed by atoms with Crippen LogP contribution in [0.25, 0.3) is 0 Å². The molecule has 1 saturated heterocycles. The van der Waals surface area contributed by atoms with E-state index in [9.17, 15) is 13.6 Å². The molecule has 0 aromatic carbocycles. The Balaban J connectivity index is 1.61. The van der Waals surface area contributed by atoms with Crippen molar-refractivity contribution in [3.05, 3.63) is 34.9 Å². The predicted molar refractivity (Wildman–Crippen MR) is 90.0 cm³/mol. The second-order valence-electron chi connectivity index (χ2n) is 6.32. The molecule has 3 heterocycles. The van der Waals surface area contributed by atoms with Crippen LogP contribution in [0.15, 0.2) is 12.4 Å². The van der Waals surface area contributed by atoms with Gasteiger partial charge < -0.3 is 5.32 Å². The zero-order valence-corrected chi connectivity index (χ0v) is 14.8. The third-order valence-corrected chi connectivity index (χ3v) is 5.15. The van der Waals surface area contributed by atoms with Gasteiger partial charge in [-0.15, -0.1) is 0 Å². The van der Waals surface area contributed by atoms with Gasteiger partial charge in [0, 0.05) is 32.5 Å². The molecule has 9 heteroatoms. The van der Waals surface area contributed by atoms with Crippen molar-refractivity contribution in [2.75, 3.05) is 11.9 Å². The highest BCUT2D eigenvalue weighted by Gasteiger charge is 2.31. The first kappa shape index (κ1) is 17.8. The molecule has 0 bridgehead atoms. The van der Waals surface area contributed by atoms with Gasteiger partial charge in [0.2, 0.25) is 11.9 Å². The molecule has 1 aliphatic rings. The maximum absolute atomic E-state index is 14.0. The van der Waals surface area contributed by atoms with Gasteiger partial charge in [0.25, 0.3) is 0 Å². The van der Waals surface area contributed by atoms with Crippen LogP contribution in [0.4, 0.5) is 13.9 Å². The molecular weight excluding hydrogens is 348 g/mol. The fourth-order valence-electron chi connectivity index (χ4n) is 3.11. The zero-order chi connectivity index (χ0) is 18.0. The largest absolute Gasteiger partial charge is 0.302 e. The predicted octanol–water partition coefficient (Wildman–Crippen LogP) is 2.62. The van der Waals surface area contributed by atoms with Gasteiger partial charge in [0.15, 0.2) is 10.9 Å². The summed E-state index contributed by atoms with van der Waals surface area (Å²) < 4.78 is 26.9. The quantitative estimate of drug-likeness (QED) is 0.880. The Morgan fingerprint density at radius 2 is 2.12 bits per heavy atom. The van der Waals surface area contributed by atoms with E-state index in [2.05, 4.69) is 32.1 Å². The summed E-state index contributed by atoms with van der Waals surface area (Å²) >= 11 is 1.16. The molecule has 2 aromatic heterocycles. The molecule has 6 nitrogen and oxygen atoms in total. The number of thiazole rings is 1. The highest BCUT2D eigenvalue weighted by atomic mass is 32.1. The van der Waals surface area contributed by atoms with E-state index in [1.807, 2.05) is 0 Å². The van der Waals surface area contributed by atoms with Gasteiger partial charge >= 0.3 is 0 Å². The standard InChI is InChI=1S/C16H19F2N5OS/c1-9-3-11(4-14-19-5-12(17)6-20-14)7-23(9)8-13-15(18)22-16(25-13)21-10(2)24/h5-6,9,11H,3-4,7-8H2,1-2H3,(H,21,22,24)/t9-,11-/m1/s1. The van der Waals surface area contributed by atoms with Gasteiger partial charge in [-0.2, -0.15) is 9.37 Å². The van der Waals surface area contributed by atoms with Gasteiger partial charge in [0.1, 0.15) is 5.82 Å². The number of hydrogen-bond donors (Lipinski definition) is 1. The number of carbonyl (C=O) groups is 1. The SMILES string of the molecule is CC(=O)Nc1nc(F)c(CN2C[C@@H](Cc3ncc(F)cn3)C[C@H]2C)s1. The fraction of sp³-hybridized carbons (Fsp3) is 0.500. The van der Waals surface area contributed by atoms with E-state index in [0.717, 1.165) is 24.3 Å². The van der Waals surface area contributed by atoms with E-state index < -0.39 is 11.8 Å². The molecule has 0 unspecified atom stereocenters. The summed E-state index contributed by atoms with van der Waals surface area (Å²) in [7, 11) is 0. The molecule has 1 N–H and O–H groups in total. The maximum Gasteiger partial charge on any atom is 0.230 e. The van der Waals surface area contributed by atoms with Gasteiger partial charge in [0.05, 0.1) is 17.3 Å². The third-order valence-electron chi connectivity index (χ3n) is 4.21. The lowest BCUT2D eigenvalue weighted by Gasteiger charge is -2.19. The normalized spacial score (nSPS) is 20.8. The lowest BCUT2D eigenvalue weighted by Crippen LogP contribution is -2.26. The summed E-state index contributed by atoms with van der Waals surface area (Å²) in [6.07, 6.45) is 3.96. The Kier molecular flexibility index (Phi) is 5.33. The first-order chi connectivity index (χ1) is 11.9. The molecular formula is C16H19F2N5OS. The summed E-state index contributed by atoms with van der Waals surface area (Å²) in [6, 6.07) is 0.288. The summed E-state index contributed by atoms with van der Waals surface area (Å²) in [4.78, 5) is 25.5. The number of likely N-dealkylation sites (tertiary alicyclic amines) is 1. The fourth-order valence-corrected chi connectivity index (χ4v) is 4.02. The second-order valence-corrected chi connectivity index (χ2v) is 7.40. The average molecular weight is 367 g/mol. The zero-order valence-electron chi connectivity index (χ0n) is 14.0. The molecule has 1 fully saturated rings. The summed E-state index contributed by atoms with van der Waals surface area (Å²) in [5.41, 5.74) is 0. The van der Waals surface area contributed by atoms with Crippen molar-refractivity contribution in [2.45, 2.75) is 39.3 Å². The van der Waals surface area contributed by atoms with Crippen molar-refractivity contribution in [2.24, 2.45) is 5.92 Å². The minimum absolute atomic E-state index is 0.269. The summed E-state index contributed by atoms with van der Waals surface area (Å²) in [5, 5.41) is 2.79. The van der Waals surface area contributed by atoms with Crippen LogP contribution in [0.1, 0.15) is 31.0 Å². The van der Waals surface area contributed by atoms with Crippen molar-refractivity contribution in [1.29, 1.82) is 0 Å². The highest BCUT2D eigenvalue weighted by Crippen LogP contribution is 2.30. The number of anilines is 1. The minimum Gasteiger partial charge on any atom is -0.302 e. The first-order valence-corrected chi connectivity index (χ1v) is 8.85. The molecule has 2 aromatic rings. The second kappa shape index (κ2) is 7.49.